The van der Waals surface area contributed by atoms with Crippen molar-refractivity contribution in [3.63, 3.8) is 0 Å². The van der Waals surface area contributed by atoms with Gasteiger partial charge in [-0.3, -0.25) is 4.79 Å². The molecule has 9 nitrogen and oxygen atoms in total. The van der Waals surface area contributed by atoms with Gasteiger partial charge in [-0.2, -0.15) is 0 Å². The van der Waals surface area contributed by atoms with Crippen LogP contribution in [0.2, 0.25) is 0 Å². The molecule has 7 unspecified atom stereocenters. The zero-order chi connectivity index (χ0) is 51.5. The summed E-state index contributed by atoms with van der Waals surface area (Å²) >= 11 is 0. The molecule has 9 heteroatoms. The van der Waals surface area contributed by atoms with Crippen molar-refractivity contribution in [2.24, 2.45) is 0 Å². The van der Waals surface area contributed by atoms with Gasteiger partial charge in [0.25, 0.3) is 0 Å². The maximum Gasteiger partial charge on any atom is 0.220 e. The zero-order valence-electron chi connectivity index (χ0n) is 46.8. The van der Waals surface area contributed by atoms with Gasteiger partial charge in [0, 0.05) is 6.42 Å². The minimum absolute atomic E-state index is 0.179. The number of allylic oxidation sites excluding steroid dienone is 3. The number of carbonyl (C=O) groups is 1. The first-order valence-corrected chi connectivity index (χ1v) is 31.1. The second-order valence-electron chi connectivity index (χ2n) is 21.9. The fraction of sp³-hybridized carbons (Fsp3) is 0.919. The molecular weight excluding hydrogens is 887 g/mol. The maximum absolute atomic E-state index is 13.1. The molecular formula is C62H119NO8. The molecule has 0 bridgehead atoms. The van der Waals surface area contributed by atoms with Gasteiger partial charge in [-0.05, 0) is 32.1 Å². The molecule has 1 fully saturated rings. The van der Waals surface area contributed by atoms with E-state index >= 15 is 0 Å². The van der Waals surface area contributed by atoms with E-state index in [1.165, 1.54) is 250 Å². The summed E-state index contributed by atoms with van der Waals surface area (Å²) in [7, 11) is 0. The average molecular weight is 1010 g/mol. The predicted octanol–water partition coefficient (Wildman–Crippen LogP) is 15.7. The molecule has 71 heavy (non-hydrogen) atoms. The van der Waals surface area contributed by atoms with Crippen LogP contribution < -0.4 is 5.32 Å². The highest BCUT2D eigenvalue weighted by molar-refractivity contribution is 5.76. The molecule has 1 aliphatic heterocycles. The Balaban J connectivity index is 2.20. The first-order chi connectivity index (χ1) is 34.8. The number of amides is 1. The molecule has 0 aliphatic carbocycles. The van der Waals surface area contributed by atoms with Gasteiger partial charge in [0.15, 0.2) is 6.29 Å². The summed E-state index contributed by atoms with van der Waals surface area (Å²) in [5.41, 5.74) is 0. The lowest BCUT2D eigenvalue weighted by atomic mass is 9.99. The number of carbonyl (C=O) groups excluding carboxylic acids is 1. The molecule has 1 amide bonds. The van der Waals surface area contributed by atoms with Crippen LogP contribution in [0.25, 0.3) is 0 Å². The number of hydrogen-bond acceptors (Lipinski definition) is 8. The third-order valence-electron chi connectivity index (χ3n) is 15.0. The number of unbranched alkanes of at least 4 members (excludes halogenated alkanes) is 42. The highest BCUT2D eigenvalue weighted by Crippen LogP contribution is 2.23. The van der Waals surface area contributed by atoms with Crippen LogP contribution >= 0.6 is 0 Å². The van der Waals surface area contributed by atoms with Crippen LogP contribution in [0, 0.1) is 0 Å². The quantitative estimate of drug-likeness (QED) is 0.0261. The first-order valence-electron chi connectivity index (χ1n) is 31.1. The number of ether oxygens (including phenoxy) is 2. The van der Waals surface area contributed by atoms with E-state index in [1.54, 1.807) is 6.08 Å². The third-order valence-corrected chi connectivity index (χ3v) is 15.0. The molecule has 0 aromatic heterocycles. The lowest BCUT2D eigenvalue weighted by molar-refractivity contribution is -0.302. The number of rotatable bonds is 54. The monoisotopic (exact) mass is 1010 g/mol. The number of aliphatic hydroxyl groups excluding tert-OH is 5. The van der Waals surface area contributed by atoms with E-state index in [9.17, 15) is 30.3 Å². The van der Waals surface area contributed by atoms with Gasteiger partial charge in [0.2, 0.25) is 5.91 Å². The molecule has 0 aromatic carbocycles. The molecule has 1 saturated heterocycles. The molecule has 7 atom stereocenters. The largest absolute Gasteiger partial charge is 0.394 e. The SMILES string of the molecule is CCCCCCCCCCCCCCCCCCC/C=C/CC/C=C/C(O)C(COC1OC(CO)C(O)C(O)C1O)NC(=O)CCCCCCCCCCCCCCCCCCCCCCCCCCC. The van der Waals surface area contributed by atoms with E-state index in [-0.39, 0.29) is 12.5 Å². The minimum atomic E-state index is -1.57. The highest BCUT2D eigenvalue weighted by Gasteiger charge is 2.44. The molecule has 6 N–H and O–H groups in total. The Morgan fingerprint density at radius 1 is 0.465 bits per heavy atom. The zero-order valence-corrected chi connectivity index (χ0v) is 46.8. The van der Waals surface area contributed by atoms with Crippen molar-refractivity contribution in [3.8, 4) is 0 Å². The van der Waals surface area contributed by atoms with E-state index in [4.69, 9.17) is 9.47 Å². The average Bonchev–Trinajstić information content (AvgIpc) is 3.37. The van der Waals surface area contributed by atoms with Crippen LogP contribution in [0.15, 0.2) is 24.3 Å². The Kier molecular flexibility index (Phi) is 49.7. The summed E-state index contributed by atoms with van der Waals surface area (Å²) in [5, 5.41) is 54.6. The van der Waals surface area contributed by atoms with E-state index in [0.717, 1.165) is 38.5 Å². The highest BCUT2D eigenvalue weighted by atomic mass is 16.7. The van der Waals surface area contributed by atoms with Crippen molar-refractivity contribution in [3.05, 3.63) is 24.3 Å². The smallest absolute Gasteiger partial charge is 0.220 e. The normalized spacial score (nSPS) is 19.3. The van der Waals surface area contributed by atoms with Gasteiger partial charge >= 0.3 is 0 Å². The number of hydrogen-bond donors (Lipinski definition) is 6. The van der Waals surface area contributed by atoms with Crippen LogP contribution in [0.1, 0.15) is 309 Å². The fourth-order valence-electron chi connectivity index (χ4n) is 10.1. The second kappa shape index (κ2) is 52.1. The van der Waals surface area contributed by atoms with Gasteiger partial charge in [0.05, 0.1) is 25.4 Å². The van der Waals surface area contributed by atoms with Crippen LogP contribution in [0.5, 0.6) is 0 Å². The van der Waals surface area contributed by atoms with Crippen LogP contribution in [-0.2, 0) is 14.3 Å². The summed E-state index contributed by atoms with van der Waals surface area (Å²) < 4.78 is 11.3. The van der Waals surface area contributed by atoms with Crippen LogP contribution in [-0.4, -0.2) is 87.5 Å². The summed E-state index contributed by atoms with van der Waals surface area (Å²) in [6.45, 7) is 3.81. The molecule has 1 rings (SSSR count). The van der Waals surface area contributed by atoms with Crippen molar-refractivity contribution >= 4 is 5.91 Å². The molecule has 420 valence electrons. The topological polar surface area (TPSA) is 149 Å². The molecule has 0 radical (unpaired) electrons. The molecule has 0 spiro atoms. The summed E-state index contributed by atoms with van der Waals surface area (Å²) in [5.74, 6) is -0.179. The van der Waals surface area contributed by atoms with Crippen molar-refractivity contribution in [1.82, 2.24) is 5.32 Å². The second-order valence-corrected chi connectivity index (χ2v) is 21.9. The van der Waals surface area contributed by atoms with Crippen LogP contribution in [0.4, 0.5) is 0 Å². The lowest BCUT2D eigenvalue weighted by Gasteiger charge is -2.40. The Morgan fingerprint density at radius 3 is 1.18 bits per heavy atom. The van der Waals surface area contributed by atoms with E-state index in [2.05, 4.69) is 31.3 Å². The Morgan fingerprint density at radius 2 is 0.803 bits per heavy atom. The van der Waals surface area contributed by atoms with Crippen molar-refractivity contribution < 1.29 is 39.8 Å². The Bertz CT molecular complexity index is 1170. The van der Waals surface area contributed by atoms with Crippen molar-refractivity contribution in [2.75, 3.05) is 13.2 Å². The lowest BCUT2D eigenvalue weighted by Crippen LogP contribution is -2.60. The van der Waals surface area contributed by atoms with Crippen molar-refractivity contribution in [2.45, 2.75) is 352 Å². The Labute approximate surface area is 439 Å². The molecule has 1 heterocycles. The summed E-state index contributed by atoms with van der Waals surface area (Å²) in [4.78, 5) is 13.1. The van der Waals surface area contributed by atoms with E-state index in [0.29, 0.717) is 6.42 Å². The van der Waals surface area contributed by atoms with Crippen molar-refractivity contribution in [1.29, 1.82) is 0 Å². The minimum Gasteiger partial charge on any atom is -0.394 e. The van der Waals surface area contributed by atoms with E-state index < -0.39 is 49.5 Å². The fourth-order valence-corrected chi connectivity index (χ4v) is 10.1. The third kappa shape index (κ3) is 41.6. The standard InChI is InChI=1S/C62H119NO8/c1-3-5-7-9-11-13-15-17-19-21-23-25-27-28-30-32-34-36-38-40-42-44-46-48-50-52-58(66)63-55(54-70-62-61(69)60(68)59(67)57(53-64)71-62)56(65)51-49-47-45-43-41-39-37-35-33-31-29-26-24-22-20-18-16-14-12-10-8-6-4-2/h41,43,49,51,55-57,59-62,64-65,67-69H,3-40,42,44-48,50,52-54H2,1-2H3,(H,63,66)/b43-41+,51-49+. The Hall–Kier alpha value is -1.33. The van der Waals surface area contributed by atoms with Gasteiger partial charge in [-0.25, -0.2) is 0 Å². The van der Waals surface area contributed by atoms with Gasteiger partial charge in [-0.15, -0.1) is 0 Å². The predicted molar refractivity (Wildman–Crippen MR) is 300 cm³/mol. The summed E-state index contributed by atoms with van der Waals surface area (Å²) in [6, 6.07) is -0.819. The molecule has 0 saturated carbocycles. The van der Waals surface area contributed by atoms with Gasteiger partial charge in [0.1, 0.15) is 24.4 Å². The number of aliphatic hydroxyl groups is 5. The first kappa shape index (κ1) is 67.7. The maximum atomic E-state index is 13.1. The van der Waals surface area contributed by atoms with E-state index in [1.807, 2.05) is 6.08 Å². The molecule has 1 aliphatic rings. The van der Waals surface area contributed by atoms with Crippen LogP contribution in [0.3, 0.4) is 0 Å². The van der Waals surface area contributed by atoms with Gasteiger partial charge < -0.3 is 40.3 Å². The molecule has 0 aromatic rings. The summed E-state index contributed by atoms with van der Waals surface area (Å²) in [6.07, 6.45) is 59.8. The van der Waals surface area contributed by atoms with Gasteiger partial charge in [-0.1, -0.05) is 295 Å². The number of nitrogens with one attached hydrogen (secondary N) is 1.